The summed E-state index contributed by atoms with van der Waals surface area (Å²) in [6, 6.07) is 0. The summed E-state index contributed by atoms with van der Waals surface area (Å²) in [7, 11) is 5.45. The van der Waals surface area contributed by atoms with Crippen LogP contribution in [0.1, 0.15) is 89.9 Å². The van der Waals surface area contributed by atoms with Crippen molar-refractivity contribution in [2.45, 2.75) is 96.2 Å². The van der Waals surface area contributed by atoms with Crippen molar-refractivity contribution in [1.82, 2.24) is 0 Å². The van der Waals surface area contributed by atoms with Gasteiger partial charge in [0.25, 0.3) is 0 Å². The highest BCUT2D eigenvalue weighted by atomic mass is 16.4. The highest BCUT2D eigenvalue weighted by Gasteiger charge is 1.96. The third-order valence-electron chi connectivity index (χ3n) is 3.59. The van der Waals surface area contributed by atoms with E-state index in [1.165, 1.54) is 70.6 Å². The molecule has 1 N–H and O–H groups in total. The van der Waals surface area contributed by atoms with Crippen molar-refractivity contribution in [2.75, 3.05) is 0 Å². The predicted octanol–water partition coefficient (Wildman–Crippen LogP) is 5.12. The lowest BCUT2D eigenvalue weighted by Gasteiger charge is -2.02. The van der Waals surface area contributed by atoms with Crippen molar-refractivity contribution in [3.05, 3.63) is 0 Å². The van der Waals surface area contributed by atoms with Gasteiger partial charge < -0.3 is 5.11 Å². The number of carboxylic acids is 1. The lowest BCUT2D eigenvalue weighted by molar-refractivity contribution is -0.137. The molecule has 110 valence electrons. The van der Waals surface area contributed by atoms with E-state index in [1.54, 1.807) is 0 Å². The standard InChI is InChI=1S/C16H31BO2/c17-15-13-11-9-7-5-3-1-2-4-6-8-10-12-14-16(18)19/h1-15H2,(H,18,19). The maximum absolute atomic E-state index is 10.3. The van der Waals surface area contributed by atoms with Crippen LogP contribution in [0.3, 0.4) is 0 Å². The summed E-state index contributed by atoms with van der Waals surface area (Å²) in [5.74, 6) is -0.661. The van der Waals surface area contributed by atoms with Crippen LogP contribution in [0.4, 0.5) is 0 Å². The first-order chi connectivity index (χ1) is 9.27. The smallest absolute Gasteiger partial charge is 0.303 e. The van der Waals surface area contributed by atoms with Crippen LogP contribution in [-0.4, -0.2) is 18.9 Å². The van der Waals surface area contributed by atoms with E-state index in [-0.39, 0.29) is 0 Å². The van der Waals surface area contributed by atoms with Gasteiger partial charge in [-0.25, -0.2) is 0 Å². The van der Waals surface area contributed by atoms with Crippen molar-refractivity contribution in [2.24, 2.45) is 0 Å². The van der Waals surface area contributed by atoms with Crippen molar-refractivity contribution in [3.8, 4) is 0 Å². The predicted molar refractivity (Wildman–Crippen MR) is 82.8 cm³/mol. The Labute approximate surface area is 120 Å². The molecule has 0 aliphatic heterocycles. The number of aliphatic carboxylic acids is 1. The third kappa shape index (κ3) is 17.5. The van der Waals surface area contributed by atoms with Gasteiger partial charge in [0.05, 0.1) is 7.85 Å². The fraction of sp³-hybridized carbons (Fsp3) is 0.938. The van der Waals surface area contributed by atoms with Gasteiger partial charge in [-0.15, -0.1) is 0 Å². The van der Waals surface area contributed by atoms with Crippen LogP contribution in [0.25, 0.3) is 0 Å². The molecule has 0 unspecified atom stereocenters. The Kier molecular flexibility index (Phi) is 15.2. The fourth-order valence-electron chi connectivity index (χ4n) is 2.37. The topological polar surface area (TPSA) is 37.3 Å². The molecule has 0 atom stereocenters. The van der Waals surface area contributed by atoms with E-state index in [2.05, 4.69) is 0 Å². The molecule has 3 heteroatoms. The molecule has 0 rings (SSSR count). The van der Waals surface area contributed by atoms with Crippen molar-refractivity contribution < 1.29 is 9.90 Å². The normalized spacial score (nSPS) is 10.7. The molecule has 0 aliphatic rings. The van der Waals surface area contributed by atoms with Crippen molar-refractivity contribution >= 4 is 13.8 Å². The Hall–Kier alpha value is -0.465. The zero-order chi connectivity index (χ0) is 14.2. The van der Waals surface area contributed by atoms with E-state index in [0.29, 0.717) is 6.42 Å². The molecule has 0 heterocycles. The van der Waals surface area contributed by atoms with Gasteiger partial charge >= 0.3 is 5.97 Å². The van der Waals surface area contributed by atoms with Gasteiger partial charge in [0, 0.05) is 6.42 Å². The number of rotatable bonds is 15. The van der Waals surface area contributed by atoms with Crippen LogP contribution in [0.2, 0.25) is 6.32 Å². The monoisotopic (exact) mass is 266 g/mol. The molecule has 0 spiro atoms. The summed E-state index contributed by atoms with van der Waals surface area (Å²) < 4.78 is 0. The van der Waals surface area contributed by atoms with Gasteiger partial charge in [-0.1, -0.05) is 83.4 Å². The van der Waals surface area contributed by atoms with E-state index in [9.17, 15) is 4.79 Å². The van der Waals surface area contributed by atoms with Crippen LogP contribution >= 0.6 is 0 Å². The molecule has 0 bridgehead atoms. The third-order valence-corrected chi connectivity index (χ3v) is 3.59. The average Bonchev–Trinajstić information content (AvgIpc) is 2.39. The summed E-state index contributed by atoms with van der Waals surface area (Å²) in [6.45, 7) is 0. The molecule has 2 radical (unpaired) electrons. The van der Waals surface area contributed by atoms with Crippen LogP contribution in [0, 0.1) is 0 Å². The van der Waals surface area contributed by atoms with Gasteiger partial charge in [0.2, 0.25) is 0 Å². The summed E-state index contributed by atoms with van der Waals surface area (Å²) >= 11 is 0. The minimum atomic E-state index is -0.661. The van der Waals surface area contributed by atoms with Crippen molar-refractivity contribution in [3.63, 3.8) is 0 Å². The second-order valence-electron chi connectivity index (χ2n) is 5.53. The van der Waals surface area contributed by atoms with Crippen LogP contribution in [0.5, 0.6) is 0 Å². The molecular weight excluding hydrogens is 235 g/mol. The second kappa shape index (κ2) is 15.6. The van der Waals surface area contributed by atoms with Crippen LogP contribution in [-0.2, 0) is 4.79 Å². The molecule has 19 heavy (non-hydrogen) atoms. The van der Waals surface area contributed by atoms with Gasteiger partial charge in [0.1, 0.15) is 0 Å². The Morgan fingerprint density at radius 3 is 1.26 bits per heavy atom. The summed E-state index contributed by atoms with van der Waals surface area (Å²) in [5.41, 5.74) is 0. The average molecular weight is 266 g/mol. The molecule has 0 fully saturated rings. The SMILES string of the molecule is [B]CCCCCCCCCCCCCCCC(=O)O. The van der Waals surface area contributed by atoms with E-state index in [0.717, 1.165) is 19.2 Å². The van der Waals surface area contributed by atoms with Crippen molar-refractivity contribution in [1.29, 1.82) is 0 Å². The van der Waals surface area contributed by atoms with E-state index >= 15 is 0 Å². The number of carbonyl (C=O) groups is 1. The van der Waals surface area contributed by atoms with Gasteiger partial charge in [-0.2, -0.15) is 0 Å². The zero-order valence-corrected chi connectivity index (χ0v) is 12.5. The molecule has 0 amide bonds. The largest absolute Gasteiger partial charge is 0.481 e. The lowest BCUT2D eigenvalue weighted by atomic mass is 9.98. The number of carboxylic acid groups (broad SMARTS) is 1. The Balaban J connectivity index is 2.93. The molecule has 0 aromatic rings. The fourth-order valence-corrected chi connectivity index (χ4v) is 2.37. The quantitative estimate of drug-likeness (QED) is 0.330. The highest BCUT2D eigenvalue weighted by molar-refractivity contribution is 6.08. The summed E-state index contributed by atoms with van der Waals surface area (Å²) in [4.78, 5) is 10.3. The van der Waals surface area contributed by atoms with Gasteiger partial charge in [-0.05, 0) is 6.42 Å². The molecule has 2 nitrogen and oxygen atoms in total. The molecular formula is C16H31BO2. The van der Waals surface area contributed by atoms with Gasteiger partial charge in [-0.3, -0.25) is 4.79 Å². The molecule has 0 saturated heterocycles. The molecule has 0 aliphatic carbocycles. The number of unbranched alkanes of at least 4 members (excludes halogenated alkanes) is 12. The Morgan fingerprint density at radius 2 is 0.947 bits per heavy atom. The first-order valence-electron chi connectivity index (χ1n) is 8.19. The Bertz CT molecular complexity index is 195. The second-order valence-corrected chi connectivity index (χ2v) is 5.53. The maximum Gasteiger partial charge on any atom is 0.303 e. The Morgan fingerprint density at radius 1 is 0.632 bits per heavy atom. The minimum absolute atomic E-state index is 0.337. The lowest BCUT2D eigenvalue weighted by Crippen LogP contribution is -1.93. The highest BCUT2D eigenvalue weighted by Crippen LogP contribution is 2.13. The first-order valence-corrected chi connectivity index (χ1v) is 8.19. The first kappa shape index (κ1) is 18.5. The molecule has 0 saturated carbocycles. The maximum atomic E-state index is 10.3. The number of hydrogen-bond acceptors (Lipinski definition) is 1. The molecule has 0 aromatic carbocycles. The zero-order valence-electron chi connectivity index (χ0n) is 12.5. The molecule has 0 aromatic heterocycles. The van der Waals surface area contributed by atoms with Crippen LogP contribution < -0.4 is 0 Å². The van der Waals surface area contributed by atoms with Crippen LogP contribution in [0.15, 0.2) is 0 Å². The summed E-state index contributed by atoms with van der Waals surface area (Å²) in [5, 5.41) is 8.50. The minimum Gasteiger partial charge on any atom is -0.481 e. The van der Waals surface area contributed by atoms with E-state index in [4.69, 9.17) is 13.0 Å². The number of hydrogen-bond donors (Lipinski definition) is 1. The van der Waals surface area contributed by atoms with Gasteiger partial charge in [0.15, 0.2) is 0 Å². The van der Waals surface area contributed by atoms with E-state index < -0.39 is 5.97 Å². The summed E-state index contributed by atoms with van der Waals surface area (Å²) in [6.07, 6.45) is 17.6. The van der Waals surface area contributed by atoms with E-state index in [1.807, 2.05) is 0 Å².